The highest BCUT2D eigenvalue weighted by Crippen LogP contribution is 2.23. The number of amides is 1. The monoisotopic (exact) mass is 405 g/mol. The van der Waals surface area contributed by atoms with Crippen molar-refractivity contribution in [3.63, 3.8) is 0 Å². The first-order chi connectivity index (χ1) is 13.3. The molecule has 0 heterocycles. The molecule has 8 nitrogen and oxygen atoms in total. The number of rotatable bonds is 8. The fraction of sp³-hybridized carbons (Fsp3) is 0.263. The predicted molar refractivity (Wildman–Crippen MR) is 106 cm³/mol. The number of carbonyl (C=O) groups is 1. The van der Waals surface area contributed by atoms with E-state index in [0.717, 1.165) is 9.87 Å². The van der Waals surface area contributed by atoms with Gasteiger partial charge in [-0.15, -0.1) is 0 Å². The van der Waals surface area contributed by atoms with Crippen molar-refractivity contribution in [1.29, 1.82) is 0 Å². The standard InChI is InChI=1S/C19H23N3O5S/c1-14-11-17(9-10-18(14)27-4)28(24,25)22(2)13-19(23)21-20-12-15-5-7-16(26-3)8-6-15/h5-12H,13H2,1-4H3,(H,21,23). The van der Waals surface area contributed by atoms with Crippen LogP contribution in [0.15, 0.2) is 52.5 Å². The van der Waals surface area contributed by atoms with E-state index in [9.17, 15) is 13.2 Å². The molecule has 2 aromatic rings. The van der Waals surface area contributed by atoms with Gasteiger partial charge < -0.3 is 9.47 Å². The van der Waals surface area contributed by atoms with E-state index in [1.807, 2.05) is 0 Å². The van der Waals surface area contributed by atoms with Gasteiger partial charge in [-0.1, -0.05) is 0 Å². The van der Waals surface area contributed by atoms with E-state index >= 15 is 0 Å². The van der Waals surface area contributed by atoms with E-state index in [0.29, 0.717) is 17.1 Å². The zero-order chi connectivity index (χ0) is 20.7. The number of methoxy groups -OCH3 is 2. The van der Waals surface area contributed by atoms with Crippen molar-refractivity contribution in [2.24, 2.45) is 5.10 Å². The number of ether oxygens (including phenoxy) is 2. The van der Waals surface area contributed by atoms with Crippen molar-refractivity contribution in [2.45, 2.75) is 11.8 Å². The van der Waals surface area contributed by atoms with E-state index in [1.165, 1.54) is 32.5 Å². The van der Waals surface area contributed by atoms with Crippen LogP contribution in [0.1, 0.15) is 11.1 Å². The van der Waals surface area contributed by atoms with Crippen molar-refractivity contribution in [3.8, 4) is 11.5 Å². The molecule has 0 atom stereocenters. The molecule has 9 heteroatoms. The predicted octanol–water partition coefficient (Wildman–Crippen LogP) is 1.78. The highest BCUT2D eigenvalue weighted by atomic mass is 32.2. The van der Waals surface area contributed by atoms with Crippen LogP contribution in [0, 0.1) is 6.92 Å². The van der Waals surface area contributed by atoms with E-state index in [4.69, 9.17) is 9.47 Å². The van der Waals surface area contributed by atoms with Crippen LogP contribution in [0.5, 0.6) is 11.5 Å². The van der Waals surface area contributed by atoms with E-state index in [1.54, 1.807) is 44.4 Å². The van der Waals surface area contributed by atoms with E-state index in [-0.39, 0.29) is 11.4 Å². The summed E-state index contributed by atoms with van der Waals surface area (Å²) in [5.41, 5.74) is 3.76. The number of benzene rings is 2. The first-order valence-electron chi connectivity index (χ1n) is 8.35. The summed E-state index contributed by atoms with van der Waals surface area (Å²) >= 11 is 0. The Bertz CT molecular complexity index is 956. The second-order valence-corrected chi connectivity index (χ2v) is 8.00. The first-order valence-corrected chi connectivity index (χ1v) is 9.79. The molecule has 0 aliphatic rings. The molecule has 0 aromatic heterocycles. The second-order valence-electron chi connectivity index (χ2n) is 5.96. The molecule has 0 radical (unpaired) electrons. The zero-order valence-corrected chi connectivity index (χ0v) is 17.0. The van der Waals surface area contributed by atoms with Crippen LogP contribution in [0.3, 0.4) is 0 Å². The van der Waals surface area contributed by atoms with Gasteiger partial charge >= 0.3 is 0 Å². The van der Waals surface area contributed by atoms with Gasteiger partial charge in [0.2, 0.25) is 10.0 Å². The third-order valence-electron chi connectivity index (χ3n) is 3.96. The van der Waals surface area contributed by atoms with Crippen LogP contribution < -0.4 is 14.9 Å². The SMILES string of the molecule is COc1ccc(C=NNC(=O)CN(C)S(=O)(=O)c2ccc(OC)c(C)c2)cc1. The molecular weight excluding hydrogens is 382 g/mol. The van der Waals surface area contributed by atoms with Gasteiger partial charge in [0.15, 0.2) is 0 Å². The number of sulfonamides is 1. The molecule has 2 rings (SSSR count). The average Bonchev–Trinajstić information content (AvgIpc) is 2.68. The Kier molecular flexibility index (Phi) is 7.13. The van der Waals surface area contributed by atoms with Crippen molar-refractivity contribution in [3.05, 3.63) is 53.6 Å². The van der Waals surface area contributed by atoms with Gasteiger partial charge in [0, 0.05) is 7.05 Å². The molecule has 0 fully saturated rings. The summed E-state index contributed by atoms with van der Waals surface area (Å²) in [5, 5.41) is 3.84. The molecule has 0 aliphatic carbocycles. The minimum atomic E-state index is -3.82. The highest BCUT2D eigenvalue weighted by molar-refractivity contribution is 7.89. The fourth-order valence-electron chi connectivity index (χ4n) is 2.38. The van der Waals surface area contributed by atoms with Crippen LogP contribution in [0.4, 0.5) is 0 Å². The van der Waals surface area contributed by atoms with Crippen LogP contribution in [-0.2, 0) is 14.8 Å². The summed E-state index contributed by atoms with van der Waals surface area (Å²) in [7, 11) is 0.604. The Balaban J connectivity index is 1.98. The minimum absolute atomic E-state index is 0.0860. The number of aryl methyl sites for hydroxylation is 1. The Hall–Kier alpha value is -2.91. The van der Waals surface area contributed by atoms with Gasteiger partial charge in [0.1, 0.15) is 11.5 Å². The molecule has 0 bridgehead atoms. The molecule has 0 aliphatic heterocycles. The van der Waals surface area contributed by atoms with E-state index < -0.39 is 15.9 Å². The Morgan fingerprint density at radius 3 is 2.39 bits per heavy atom. The summed E-state index contributed by atoms with van der Waals surface area (Å²) in [5.74, 6) is 0.745. The van der Waals surface area contributed by atoms with Crippen LogP contribution in [-0.4, -0.2) is 52.7 Å². The number of likely N-dealkylation sites (N-methyl/N-ethyl adjacent to an activating group) is 1. The van der Waals surface area contributed by atoms with Gasteiger partial charge in [-0.05, 0) is 60.5 Å². The summed E-state index contributed by atoms with van der Waals surface area (Å²) in [4.78, 5) is 12.1. The van der Waals surface area contributed by atoms with Crippen LogP contribution >= 0.6 is 0 Å². The third kappa shape index (κ3) is 5.30. The fourth-order valence-corrected chi connectivity index (χ4v) is 3.60. The Morgan fingerprint density at radius 2 is 1.82 bits per heavy atom. The van der Waals surface area contributed by atoms with Crippen LogP contribution in [0.25, 0.3) is 0 Å². The van der Waals surface area contributed by atoms with Crippen molar-refractivity contribution >= 4 is 22.1 Å². The summed E-state index contributed by atoms with van der Waals surface area (Å²) in [6, 6.07) is 11.6. The van der Waals surface area contributed by atoms with Crippen molar-refractivity contribution < 1.29 is 22.7 Å². The Labute approximate surface area is 164 Å². The maximum absolute atomic E-state index is 12.6. The van der Waals surface area contributed by atoms with E-state index in [2.05, 4.69) is 10.5 Å². The van der Waals surface area contributed by atoms with Gasteiger partial charge in [0.25, 0.3) is 5.91 Å². The van der Waals surface area contributed by atoms with Gasteiger partial charge in [0.05, 0.1) is 31.9 Å². The third-order valence-corrected chi connectivity index (χ3v) is 5.76. The molecule has 0 saturated heterocycles. The average molecular weight is 405 g/mol. The Morgan fingerprint density at radius 1 is 1.14 bits per heavy atom. The van der Waals surface area contributed by atoms with Gasteiger partial charge in [-0.3, -0.25) is 4.79 Å². The second kappa shape index (κ2) is 9.34. The molecular formula is C19H23N3O5S. The maximum atomic E-state index is 12.6. The lowest BCUT2D eigenvalue weighted by molar-refractivity contribution is -0.121. The largest absolute Gasteiger partial charge is 0.497 e. The molecule has 2 aromatic carbocycles. The lowest BCUT2D eigenvalue weighted by atomic mass is 10.2. The topological polar surface area (TPSA) is 97.3 Å². The van der Waals surface area contributed by atoms with Gasteiger partial charge in [-0.25, -0.2) is 13.8 Å². The number of nitrogens with one attached hydrogen (secondary N) is 1. The normalized spacial score (nSPS) is 11.6. The number of hydrogen-bond donors (Lipinski definition) is 1. The summed E-state index contributed by atoms with van der Waals surface area (Å²) < 4.78 is 36.4. The zero-order valence-electron chi connectivity index (χ0n) is 16.2. The molecule has 1 amide bonds. The number of hydrogen-bond acceptors (Lipinski definition) is 6. The number of carbonyl (C=O) groups excluding carboxylic acids is 1. The summed E-state index contributed by atoms with van der Waals surface area (Å²) in [6.45, 7) is 1.38. The molecule has 0 unspecified atom stereocenters. The lowest BCUT2D eigenvalue weighted by Crippen LogP contribution is -2.36. The minimum Gasteiger partial charge on any atom is -0.497 e. The molecule has 150 valence electrons. The van der Waals surface area contributed by atoms with Crippen LogP contribution in [0.2, 0.25) is 0 Å². The lowest BCUT2D eigenvalue weighted by Gasteiger charge is -2.17. The smallest absolute Gasteiger partial charge is 0.255 e. The molecule has 0 saturated carbocycles. The number of nitrogens with zero attached hydrogens (tertiary/aromatic N) is 2. The quantitative estimate of drug-likeness (QED) is 0.533. The molecule has 28 heavy (non-hydrogen) atoms. The molecule has 0 spiro atoms. The van der Waals surface area contributed by atoms with Gasteiger partial charge in [-0.2, -0.15) is 9.41 Å². The highest BCUT2D eigenvalue weighted by Gasteiger charge is 2.23. The maximum Gasteiger partial charge on any atom is 0.255 e. The molecule has 1 N–H and O–H groups in total. The van der Waals surface area contributed by atoms with Crippen molar-refractivity contribution in [1.82, 2.24) is 9.73 Å². The first kappa shape index (κ1) is 21.4. The summed E-state index contributed by atoms with van der Waals surface area (Å²) in [6.07, 6.45) is 1.46. The van der Waals surface area contributed by atoms with Crippen molar-refractivity contribution in [2.75, 3.05) is 27.8 Å². The number of hydrazone groups is 1.